The maximum atomic E-state index is 12.4. The number of non-ortho nitro benzene ring substituents is 1. The van der Waals surface area contributed by atoms with E-state index in [1.807, 2.05) is 20.8 Å². The predicted octanol–water partition coefficient (Wildman–Crippen LogP) is 3.69. The maximum absolute atomic E-state index is 12.4. The third kappa shape index (κ3) is 4.07. The van der Waals surface area contributed by atoms with Crippen molar-refractivity contribution in [3.8, 4) is 0 Å². The van der Waals surface area contributed by atoms with E-state index in [0.717, 1.165) is 5.56 Å². The molecular weight excluding hydrogens is 316 g/mol. The van der Waals surface area contributed by atoms with E-state index in [1.165, 1.54) is 36.4 Å². The van der Waals surface area contributed by atoms with E-state index >= 15 is 0 Å². The largest absolute Gasteiger partial charge is 0.279 e. The van der Waals surface area contributed by atoms with E-state index in [1.54, 1.807) is 12.1 Å². The Balaban J connectivity index is 2.29. The highest BCUT2D eigenvalue weighted by atomic mass is 32.2. The summed E-state index contributed by atoms with van der Waals surface area (Å²) in [7, 11) is -3.79. The van der Waals surface area contributed by atoms with Gasteiger partial charge >= 0.3 is 0 Å². The van der Waals surface area contributed by atoms with Gasteiger partial charge in [0.2, 0.25) is 0 Å². The third-order valence-electron chi connectivity index (χ3n) is 3.34. The van der Waals surface area contributed by atoms with Crippen LogP contribution in [0.25, 0.3) is 0 Å². The van der Waals surface area contributed by atoms with E-state index in [-0.39, 0.29) is 21.7 Å². The second-order valence-electron chi connectivity index (χ2n) is 6.19. The topological polar surface area (TPSA) is 89.3 Å². The van der Waals surface area contributed by atoms with Crippen LogP contribution in [0.3, 0.4) is 0 Å². The van der Waals surface area contributed by atoms with Crippen molar-refractivity contribution >= 4 is 21.4 Å². The van der Waals surface area contributed by atoms with Crippen molar-refractivity contribution in [1.29, 1.82) is 0 Å². The van der Waals surface area contributed by atoms with Gasteiger partial charge in [-0.15, -0.1) is 0 Å². The zero-order valence-corrected chi connectivity index (χ0v) is 13.9. The van der Waals surface area contributed by atoms with Gasteiger partial charge in [-0.3, -0.25) is 14.8 Å². The molecule has 0 fully saturated rings. The van der Waals surface area contributed by atoms with Crippen LogP contribution in [-0.4, -0.2) is 13.3 Å². The molecule has 0 aliphatic rings. The third-order valence-corrected chi connectivity index (χ3v) is 4.74. The van der Waals surface area contributed by atoms with Crippen LogP contribution in [0.1, 0.15) is 26.3 Å². The van der Waals surface area contributed by atoms with Crippen LogP contribution in [0.15, 0.2) is 53.4 Å². The van der Waals surface area contributed by atoms with Crippen LogP contribution in [0.5, 0.6) is 0 Å². The summed E-state index contributed by atoms with van der Waals surface area (Å²) in [6.45, 7) is 6.12. The Morgan fingerprint density at radius 3 is 2.17 bits per heavy atom. The van der Waals surface area contributed by atoms with E-state index in [2.05, 4.69) is 4.72 Å². The van der Waals surface area contributed by atoms with Crippen molar-refractivity contribution in [2.75, 3.05) is 4.72 Å². The van der Waals surface area contributed by atoms with Gasteiger partial charge in [0.05, 0.1) is 15.5 Å². The Morgan fingerprint density at radius 2 is 1.65 bits per heavy atom. The maximum Gasteiger partial charge on any atom is 0.271 e. The normalized spacial score (nSPS) is 12.0. The van der Waals surface area contributed by atoms with Gasteiger partial charge in [0.1, 0.15) is 0 Å². The summed E-state index contributed by atoms with van der Waals surface area (Å²) in [4.78, 5) is 10.3. The zero-order valence-electron chi connectivity index (χ0n) is 13.1. The zero-order chi connectivity index (χ0) is 17.3. The molecule has 0 saturated heterocycles. The number of sulfonamides is 1. The molecule has 122 valence electrons. The first-order valence-corrected chi connectivity index (χ1v) is 8.46. The van der Waals surface area contributed by atoms with Gasteiger partial charge in [0, 0.05) is 12.1 Å². The molecule has 0 aliphatic heterocycles. The Bertz CT molecular complexity index is 822. The molecule has 1 N–H and O–H groups in total. The standard InChI is InChI=1S/C16H18N2O4S/c1-16(2,3)12-7-9-15(10-8-12)23(21,22)17-13-5-4-6-14(11-13)18(19)20/h4-11,17H,1-3H3. The van der Waals surface area contributed by atoms with Gasteiger partial charge in [0.15, 0.2) is 0 Å². The van der Waals surface area contributed by atoms with Gasteiger partial charge in [-0.1, -0.05) is 39.0 Å². The lowest BCUT2D eigenvalue weighted by Gasteiger charge is -2.19. The van der Waals surface area contributed by atoms with Crippen molar-refractivity contribution in [3.05, 3.63) is 64.2 Å². The summed E-state index contributed by atoms with van der Waals surface area (Å²) in [5.41, 5.74) is 0.926. The number of hydrogen-bond donors (Lipinski definition) is 1. The molecule has 0 atom stereocenters. The van der Waals surface area contributed by atoms with Gasteiger partial charge in [0.25, 0.3) is 15.7 Å². The molecule has 0 spiro atoms. The number of nitrogens with one attached hydrogen (secondary N) is 1. The van der Waals surface area contributed by atoms with Crippen molar-refractivity contribution in [2.45, 2.75) is 31.1 Å². The number of nitro groups is 1. The first-order chi connectivity index (χ1) is 10.6. The van der Waals surface area contributed by atoms with Gasteiger partial charge in [-0.25, -0.2) is 8.42 Å². The minimum absolute atomic E-state index is 0.0736. The Labute approximate surface area is 135 Å². The van der Waals surface area contributed by atoms with Crippen LogP contribution in [0.2, 0.25) is 0 Å². The highest BCUT2D eigenvalue weighted by Crippen LogP contribution is 2.25. The molecular formula is C16H18N2O4S. The molecule has 23 heavy (non-hydrogen) atoms. The van der Waals surface area contributed by atoms with E-state index in [4.69, 9.17) is 0 Å². The van der Waals surface area contributed by atoms with Gasteiger partial charge in [-0.05, 0) is 29.2 Å². The van der Waals surface area contributed by atoms with Crippen molar-refractivity contribution in [1.82, 2.24) is 0 Å². The monoisotopic (exact) mass is 334 g/mol. The highest BCUT2D eigenvalue weighted by Gasteiger charge is 2.18. The molecule has 0 aromatic heterocycles. The minimum Gasteiger partial charge on any atom is -0.279 e. The van der Waals surface area contributed by atoms with Gasteiger partial charge in [-0.2, -0.15) is 0 Å². The number of hydrogen-bond acceptors (Lipinski definition) is 4. The molecule has 0 unspecified atom stereocenters. The van der Waals surface area contributed by atoms with Crippen molar-refractivity contribution in [2.24, 2.45) is 0 Å². The van der Waals surface area contributed by atoms with Crippen LogP contribution in [0, 0.1) is 10.1 Å². The fourth-order valence-electron chi connectivity index (χ4n) is 2.03. The van der Waals surface area contributed by atoms with E-state index in [0.29, 0.717) is 0 Å². The summed E-state index contributed by atoms with van der Waals surface area (Å²) >= 11 is 0. The van der Waals surface area contributed by atoms with Gasteiger partial charge < -0.3 is 0 Å². The summed E-state index contributed by atoms with van der Waals surface area (Å²) in [6.07, 6.45) is 0. The molecule has 7 heteroatoms. The second-order valence-corrected chi connectivity index (χ2v) is 7.87. The molecule has 6 nitrogen and oxygen atoms in total. The fraction of sp³-hybridized carbons (Fsp3) is 0.250. The van der Waals surface area contributed by atoms with Crippen molar-refractivity contribution in [3.63, 3.8) is 0 Å². The lowest BCUT2D eigenvalue weighted by molar-refractivity contribution is -0.384. The van der Waals surface area contributed by atoms with E-state index in [9.17, 15) is 18.5 Å². The lowest BCUT2D eigenvalue weighted by Crippen LogP contribution is -2.15. The summed E-state index contributed by atoms with van der Waals surface area (Å²) in [5, 5.41) is 10.7. The first-order valence-electron chi connectivity index (χ1n) is 6.97. The number of rotatable bonds is 4. The highest BCUT2D eigenvalue weighted by molar-refractivity contribution is 7.92. The second kappa shape index (κ2) is 6.00. The van der Waals surface area contributed by atoms with Crippen molar-refractivity contribution < 1.29 is 13.3 Å². The summed E-state index contributed by atoms with van der Waals surface area (Å²) in [6, 6.07) is 12.0. The average Bonchev–Trinajstić information content (AvgIpc) is 2.46. The van der Waals surface area contributed by atoms with E-state index < -0.39 is 14.9 Å². The minimum atomic E-state index is -3.79. The molecule has 2 aromatic carbocycles. The molecule has 0 aliphatic carbocycles. The van der Waals surface area contributed by atoms with Crippen LogP contribution in [0.4, 0.5) is 11.4 Å². The predicted molar refractivity (Wildman–Crippen MR) is 89.0 cm³/mol. The lowest BCUT2D eigenvalue weighted by atomic mass is 9.87. The number of nitrogens with zero attached hydrogens (tertiary/aromatic N) is 1. The van der Waals surface area contributed by atoms with Crippen LogP contribution >= 0.6 is 0 Å². The molecule has 2 rings (SSSR count). The average molecular weight is 334 g/mol. The smallest absolute Gasteiger partial charge is 0.271 e. The number of benzene rings is 2. The molecule has 0 amide bonds. The Kier molecular flexibility index (Phi) is 4.42. The molecule has 0 bridgehead atoms. The molecule has 0 radical (unpaired) electrons. The Hall–Kier alpha value is -2.41. The number of anilines is 1. The molecule has 0 heterocycles. The summed E-state index contributed by atoms with van der Waals surface area (Å²) < 4.78 is 27.1. The van der Waals surface area contributed by atoms with Crippen LogP contribution in [-0.2, 0) is 15.4 Å². The quantitative estimate of drug-likeness (QED) is 0.682. The fourth-order valence-corrected chi connectivity index (χ4v) is 3.08. The van der Waals surface area contributed by atoms with Crippen LogP contribution < -0.4 is 4.72 Å². The molecule has 2 aromatic rings. The first kappa shape index (κ1) is 17.0. The SMILES string of the molecule is CC(C)(C)c1ccc(S(=O)(=O)Nc2cccc([N+](=O)[O-])c2)cc1. The molecule has 0 saturated carbocycles. The number of nitro benzene ring substituents is 1. The summed E-state index contributed by atoms with van der Waals surface area (Å²) in [5.74, 6) is 0. The Morgan fingerprint density at radius 1 is 1.04 bits per heavy atom.